The molecule has 0 aliphatic heterocycles. The van der Waals surface area contributed by atoms with Crippen molar-refractivity contribution in [1.82, 2.24) is 10.1 Å². The summed E-state index contributed by atoms with van der Waals surface area (Å²) in [5, 5.41) is 4.55. The average Bonchev–Trinajstić information content (AvgIpc) is 3.03. The largest absolute Gasteiger partial charge is 0.427 e. The molecule has 0 spiro atoms. The van der Waals surface area contributed by atoms with Crippen molar-refractivity contribution in [3.63, 3.8) is 0 Å². The van der Waals surface area contributed by atoms with E-state index in [1.54, 1.807) is 18.2 Å². The molecule has 6 heteroatoms. The second-order valence-electron chi connectivity index (χ2n) is 5.31. The maximum Gasteiger partial charge on any atom is 0.311 e. The highest BCUT2D eigenvalue weighted by atomic mass is 35.5. The van der Waals surface area contributed by atoms with Crippen molar-refractivity contribution in [2.45, 2.75) is 19.8 Å². The van der Waals surface area contributed by atoms with E-state index in [9.17, 15) is 4.79 Å². The molecule has 0 bridgehead atoms. The van der Waals surface area contributed by atoms with Gasteiger partial charge in [-0.1, -0.05) is 28.9 Å². The van der Waals surface area contributed by atoms with Gasteiger partial charge in [-0.3, -0.25) is 4.79 Å². The number of carbonyl (C=O) groups excluding carboxylic acids is 1. The molecule has 24 heavy (non-hydrogen) atoms. The minimum Gasteiger partial charge on any atom is -0.427 e. The maximum absolute atomic E-state index is 11.9. The van der Waals surface area contributed by atoms with Crippen LogP contribution in [-0.4, -0.2) is 16.1 Å². The number of carbonyl (C=O) groups is 1. The van der Waals surface area contributed by atoms with E-state index in [-0.39, 0.29) is 12.4 Å². The third kappa shape index (κ3) is 4.20. The van der Waals surface area contributed by atoms with Gasteiger partial charge in [0.05, 0.1) is 6.42 Å². The summed E-state index contributed by atoms with van der Waals surface area (Å²) in [7, 11) is 0. The van der Waals surface area contributed by atoms with Gasteiger partial charge >= 0.3 is 5.97 Å². The molecule has 0 fully saturated rings. The standard InChI is InChI=1S/C18H15ClN2O3/c1-12-3-2-4-15(11-12)23-17(22)10-9-16-20-18(21-24-16)13-5-7-14(19)8-6-13/h2-8,11H,9-10H2,1H3. The van der Waals surface area contributed by atoms with Gasteiger partial charge in [-0.25, -0.2) is 0 Å². The Morgan fingerprint density at radius 2 is 2.00 bits per heavy atom. The van der Waals surface area contributed by atoms with Crippen molar-refractivity contribution in [2.75, 3.05) is 0 Å². The number of ether oxygens (including phenoxy) is 1. The Bertz CT molecular complexity index is 843. The minimum atomic E-state index is -0.341. The zero-order valence-corrected chi connectivity index (χ0v) is 13.8. The minimum absolute atomic E-state index is 0.163. The smallest absolute Gasteiger partial charge is 0.311 e. The van der Waals surface area contributed by atoms with Gasteiger partial charge in [0, 0.05) is 17.0 Å². The van der Waals surface area contributed by atoms with Crippen LogP contribution in [-0.2, 0) is 11.2 Å². The summed E-state index contributed by atoms with van der Waals surface area (Å²) in [5.41, 5.74) is 1.83. The van der Waals surface area contributed by atoms with E-state index in [2.05, 4.69) is 10.1 Å². The summed E-state index contributed by atoms with van der Waals surface area (Å²) in [4.78, 5) is 16.2. The van der Waals surface area contributed by atoms with E-state index in [4.69, 9.17) is 20.9 Å². The lowest BCUT2D eigenvalue weighted by Gasteiger charge is -2.03. The Morgan fingerprint density at radius 3 is 2.75 bits per heavy atom. The first-order valence-corrected chi connectivity index (χ1v) is 7.84. The predicted octanol–water partition coefficient (Wildman–Crippen LogP) is 4.24. The van der Waals surface area contributed by atoms with Gasteiger partial charge in [-0.05, 0) is 48.9 Å². The molecule has 0 unspecified atom stereocenters. The quantitative estimate of drug-likeness (QED) is 0.512. The number of halogens is 1. The SMILES string of the molecule is Cc1cccc(OC(=O)CCc2nc(-c3ccc(Cl)cc3)no2)c1. The van der Waals surface area contributed by atoms with Crippen LogP contribution in [0.4, 0.5) is 0 Å². The normalized spacial score (nSPS) is 10.6. The summed E-state index contributed by atoms with van der Waals surface area (Å²) >= 11 is 5.85. The highest BCUT2D eigenvalue weighted by Crippen LogP contribution is 2.19. The number of esters is 1. The lowest BCUT2D eigenvalue weighted by atomic mass is 10.2. The number of rotatable bonds is 5. The van der Waals surface area contributed by atoms with Crippen LogP contribution >= 0.6 is 11.6 Å². The van der Waals surface area contributed by atoms with E-state index in [0.717, 1.165) is 11.1 Å². The van der Waals surface area contributed by atoms with Crippen LogP contribution in [0.3, 0.4) is 0 Å². The van der Waals surface area contributed by atoms with Gasteiger partial charge in [-0.15, -0.1) is 0 Å². The van der Waals surface area contributed by atoms with Crippen molar-refractivity contribution in [1.29, 1.82) is 0 Å². The van der Waals surface area contributed by atoms with E-state index in [1.165, 1.54) is 0 Å². The molecule has 0 amide bonds. The molecular formula is C18H15ClN2O3. The Morgan fingerprint density at radius 1 is 1.21 bits per heavy atom. The van der Waals surface area contributed by atoms with Crippen LogP contribution in [0.5, 0.6) is 5.75 Å². The van der Waals surface area contributed by atoms with Gasteiger partial charge in [0.2, 0.25) is 11.7 Å². The Kier molecular flexibility index (Phi) is 4.91. The summed E-state index contributed by atoms with van der Waals surface area (Å²) in [6, 6.07) is 14.5. The summed E-state index contributed by atoms with van der Waals surface area (Å²) in [6.07, 6.45) is 0.488. The molecule has 122 valence electrons. The van der Waals surface area contributed by atoms with Crippen LogP contribution in [0.15, 0.2) is 53.1 Å². The van der Waals surface area contributed by atoms with Gasteiger partial charge in [0.1, 0.15) is 5.75 Å². The van der Waals surface area contributed by atoms with Gasteiger partial charge in [0.15, 0.2) is 0 Å². The first kappa shape index (κ1) is 16.2. The molecule has 1 aromatic heterocycles. The maximum atomic E-state index is 11.9. The molecule has 0 radical (unpaired) electrons. The fourth-order valence-electron chi connectivity index (χ4n) is 2.14. The third-order valence-electron chi connectivity index (χ3n) is 3.33. The molecule has 0 aliphatic carbocycles. The third-order valence-corrected chi connectivity index (χ3v) is 3.59. The molecule has 2 aromatic carbocycles. The number of hydrogen-bond acceptors (Lipinski definition) is 5. The summed E-state index contributed by atoms with van der Waals surface area (Å²) < 4.78 is 10.4. The molecule has 1 heterocycles. The number of nitrogens with zero attached hydrogens (tertiary/aromatic N) is 2. The number of aromatic nitrogens is 2. The topological polar surface area (TPSA) is 65.2 Å². The molecular weight excluding hydrogens is 328 g/mol. The number of hydrogen-bond donors (Lipinski definition) is 0. The first-order chi connectivity index (χ1) is 11.6. The van der Waals surface area contributed by atoms with Gasteiger partial charge in [-0.2, -0.15) is 4.98 Å². The molecule has 3 rings (SSSR count). The van der Waals surface area contributed by atoms with Crippen LogP contribution in [0.25, 0.3) is 11.4 Å². The van der Waals surface area contributed by atoms with Crippen molar-refractivity contribution < 1.29 is 14.1 Å². The predicted molar refractivity (Wildman–Crippen MR) is 89.9 cm³/mol. The molecule has 5 nitrogen and oxygen atoms in total. The summed E-state index contributed by atoms with van der Waals surface area (Å²) in [5.74, 6) is 1.05. The molecule has 0 N–H and O–H groups in total. The fourth-order valence-corrected chi connectivity index (χ4v) is 2.27. The second-order valence-corrected chi connectivity index (χ2v) is 5.75. The van der Waals surface area contributed by atoms with Gasteiger partial charge in [0.25, 0.3) is 0 Å². The van der Waals surface area contributed by atoms with Crippen LogP contribution in [0.1, 0.15) is 17.9 Å². The highest BCUT2D eigenvalue weighted by molar-refractivity contribution is 6.30. The van der Waals surface area contributed by atoms with Crippen molar-refractivity contribution >= 4 is 17.6 Å². The van der Waals surface area contributed by atoms with Crippen LogP contribution in [0.2, 0.25) is 5.02 Å². The number of aryl methyl sites for hydroxylation is 2. The van der Waals surface area contributed by atoms with Crippen molar-refractivity contribution in [3.05, 3.63) is 65.0 Å². The van der Waals surface area contributed by atoms with E-state index >= 15 is 0 Å². The fraction of sp³-hybridized carbons (Fsp3) is 0.167. The Hall–Kier alpha value is -2.66. The van der Waals surface area contributed by atoms with Gasteiger partial charge < -0.3 is 9.26 Å². The Labute approximate surface area is 144 Å². The molecule has 0 aliphatic rings. The molecule has 0 saturated carbocycles. The Balaban J connectivity index is 1.57. The van der Waals surface area contributed by atoms with E-state index in [0.29, 0.717) is 28.9 Å². The lowest BCUT2D eigenvalue weighted by molar-refractivity contribution is -0.134. The van der Waals surface area contributed by atoms with Crippen molar-refractivity contribution in [2.24, 2.45) is 0 Å². The highest BCUT2D eigenvalue weighted by Gasteiger charge is 2.12. The van der Waals surface area contributed by atoms with E-state index in [1.807, 2.05) is 37.3 Å². The first-order valence-electron chi connectivity index (χ1n) is 7.46. The van der Waals surface area contributed by atoms with Crippen molar-refractivity contribution in [3.8, 4) is 17.1 Å². The second kappa shape index (κ2) is 7.27. The van der Waals surface area contributed by atoms with E-state index < -0.39 is 0 Å². The zero-order chi connectivity index (χ0) is 16.9. The lowest BCUT2D eigenvalue weighted by Crippen LogP contribution is -2.09. The van der Waals surface area contributed by atoms with Crippen LogP contribution < -0.4 is 4.74 Å². The molecule has 0 saturated heterocycles. The van der Waals surface area contributed by atoms with Crippen LogP contribution in [0, 0.1) is 6.92 Å². The molecule has 0 atom stereocenters. The number of benzene rings is 2. The zero-order valence-electron chi connectivity index (χ0n) is 13.0. The monoisotopic (exact) mass is 342 g/mol. The summed E-state index contributed by atoms with van der Waals surface area (Å²) in [6.45, 7) is 1.94. The average molecular weight is 343 g/mol. The molecule has 3 aromatic rings.